The van der Waals surface area contributed by atoms with Crippen molar-refractivity contribution >= 4 is 15.7 Å². The van der Waals surface area contributed by atoms with Crippen molar-refractivity contribution in [1.82, 2.24) is 9.62 Å². The van der Waals surface area contributed by atoms with Crippen LogP contribution in [0.4, 0.5) is 5.69 Å². The lowest BCUT2D eigenvalue weighted by atomic mass is 10.1. The summed E-state index contributed by atoms with van der Waals surface area (Å²) in [5, 5.41) is 3.41. The zero-order chi connectivity index (χ0) is 15.3. The maximum Gasteiger partial charge on any atom is 0.242 e. The van der Waals surface area contributed by atoms with Gasteiger partial charge >= 0.3 is 0 Å². The van der Waals surface area contributed by atoms with Gasteiger partial charge in [-0.2, -0.15) is 0 Å². The van der Waals surface area contributed by atoms with Crippen molar-refractivity contribution in [3.63, 3.8) is 0 Å². The zero-order valence-corrected chi connectivity index (χ0v) is 13.6. The first kappa shape index (κ1) is 16.3. The monoisotopic (exact) mass is 311 g/mol. The van der Waals surface area contributed by atoms with E-state index in [1.54, 1.807) is 12.1 Å². The van der Waals surface area contributed by atoms with E-state index in [2.05, 4.69) is 22.0 Å². The predicted octanol–water partition coefficient (Wildman–Crippen LogP) is 1.88. The number of piperidine rings is 1. The second-order valence-corrected chi connectivity index (χ2v) is 7.35. The van der Waals surface area contributed by atoms with Crippen LogP contribution in [-0.2, 0) is 10.0 Å². The summed E-state index contributed by atoms with van der Waals surface area (Å²) in [6.07, 6.45) is 2.85. The predicted molar refractivity (Wildman–Crippen MR) is 86.1 cm³/mol. The Morgan fingerprint density at radius 2 is 1.90 bits per heavy atom. The maximum absolute atomic E-state index is 12.3. The third-order valence-electron chi connectivity index (χ3n) is 3.80. The molecule has 2 N–H and O–H groups in total. The summed E-state index contributed by atoms with van der Waals surface area (Å²) in [5.74, 6) is 0. The van der Waals surface area contributed by atoms with Gasteiger partial charge in [0.05, 0.1) is 5.69 Å². The molecule has 6 heteroatoms. The van der Waals surface area contributed by atoms with Crippen LogP contribution in [0.3, 0.4) is 0 Å². The molecule has 0 aromatic heterocycles. The Bertz CT molecular complexity index is 552. The largest absolute Gasteiger partial charge is 0.381 e. The summed E-state index contributed by atoms with van der Waals surface area (Å²) < 4.78 is 27.3. The lowest BCUT2D eigenvalue weighted by molar-refractivity contribution is 0.264. The number of likely N-dealkylation sites (tertiary alicyclic amines) is 1. The standard InChI is InChI=1S/C15H25N3O2S/c1-3-10-16-21(19,20)15-7-5-4-6-14(15)17-13-8-11-18(2)12-9-13/h4-7,13,16-17H,3,8-12H2,1-2H3. The molecule has 1 heterocycles. The van der Waals surface area contributed by atoms with E-state index in [-0.39, 0.29) is 0 Å². The lowest BCUT2D eigenvalue weighted by Crippen LogP contribution is -2.37. The minimum absolute atomic E-state index is 0.337. The summed E-state index contributed by atoms with van der Waals surface area (Å²) in [6, 6.07) is 7.48. The van der Waals surface area contributed by atoms with Gasteiger partial charge in [-0.3, -0.25) is 0 Å². The van der Waals surface area contributed by atoms with E-state index in [4.69, 9.17) is 0 Å². The van der Waals surface area contributed by atoms with E-state index in [0.29, 0.717) is 23.2 Å². The Morgan fingerprint density at radius 3 is 2.57 bits per heavy atom. The summed E-state index contributed by atoms with van der Waals surface area (Å²) in [6.45, 7) is 4.50. The minimum Gasteiger partial charge on any atom is -0.381 e. The fourth-order valence-corrected chi connectivity index (χ4v) is 3.81. The second-order valence-electron chi connectivity index (χ2n) is 5.62. The summed E-state index contributed by atoms with van der Waals surface area (Å²) in [7, 11) is -1.32. The second kappa shape index (κ2) is 7.24. The Kier molecular flexibility index (Phi) is 5.61. The highest BCUT2D eigenvalue weighted by molar-refractivity contribution is 7.89. The van der Waals surface area contributed by atoms with Gasteiger partial charge in [0.15, 0.2) is 0 Å². The molecule has 0 radical (unpaired) electrons. The smallest absolute Gasteiger partial charge is 0.242 e. The number of sulfonamides is 1. The summed E-state index contributed by atoms with van der Waals surface area (Å²) in [5.41, 5.74) is 0.704. The number of anilines is 1. The Labute approximate surface area is 127 Å². The molecule has 2 rings (SSSR count). The van der Waals surface area contributed by atoms with Crippen LogP contribution >= 0.6 is 0 Å². The van der Waals surface area contributed by atoms with Gasteiger partial charge in [-0.25, -0.2) is 13.1 Å². The fraction of sp³-hybridized carbons (Fsp3) is 0.600. The number of hydrogen-bond donors (Lipinski definition) is 2. The van der Waals surface area contributed by atoms with Gasteiger partial charge in [-0.1, -0.05) is 19.1 Å². The third-order valence-corrected chi connectivity index (χ3v) is 5.32. The number of nitrogens with zero attached hydrogens (tertiary/aromatic N) is 1. The molecule has 0 unspecified atom stereocenters. The average Bonchev–Trinajstić information content (AvgIpc) is 2.48. The molecule has 0 bridgehead atoms. The van der Waals surface area contributed by atoms with Crippen LogP contribution in [0.15, 0.2) is 29.2 Å². The van der Waals surface area contributed by atoms with Gasteiger partial charge in [0.25, 0.3) is 0 Å². The molecule has 0 atom stereocenters. The number of rotatable bonds is 6. The van der Waals surface area contributed by atoms with Gasteiger partial charge in [-0.15, -0.1) is 0 Å². The SMILES string of the molecule is CCCNS(=O)(=O)c1ccccc1NC1CCN(C)CC1. The molecule has 118 valence electrons. The maximum atomic E-state index is 12.3. The van der Waals surface area contributed by atoms with Crippen molar-refractivity contribution in [2.75, 3.05) is 32.0 Å². The number of para-hydroxylation sites is 1. The van der Waals surface area contributed by atoms with Gasteiger partial charge < -0.3 is 10.2 Å². The van der Waals surface area contributed by atoms with Gasteiger partial charge in [-0.05, 0) is 51.5 Å². The quantitative estimate of drug-likeness (QED) is 0.842. The van der Waals surface area contributed by atoms with Crippen molar-refractivity contribution < 1.29 is 8.42 Å². The van der Waals surface area contributed by atoms with Crippen molar-refractivity contribution in [3.8, 4) is 0 Å². The Hall–Kier alpha value is -1.11. The Balaban J connectivity index is 2.13. The van der Waals surface area contributed by atoms with E-state index in [1.165, 1.54) is 0 Å². The van der Waals surface area contributed by atoms with Crippen molar-refractivity contribution in [1.29, 1.82) is 0 Å². The van der Waals surface area contributed by atoms with Crippen LogP contribution in [0.1, 0.15) is 26.2 Å². The molecule has 0 aliphatic carbocycles. The first-order chi connectivity index (χ1) is 10.0. The van der Waals surface area contributed by atoms with E-state index in [9.17, 15) is 8.42 Å². The number of benzene rings is 1. The number of hydrogen-bond acceptors (Lipinski definition) is 4. The van der Waals surface area contributed by atoms with Crippen LogP contribution in [-0.4, -0.2) is 46.0 Å². The molecule has 0 amide bonds. The summed E-state index contributed by atoms with van der Waals surface area (Å²) >= 11 is 0. The van der Waals surface area contributed by atoms with Crippen LogP contribution in [0, 0.1) is 0 Å². The van der Waals surface area contributed by atoms with E-state index < -0.39 is 10.0 Å². The van der Waals surface area contributed by atoms with Gasteiger partial charge in [0.2, 0.25) is 10.0 Å². The van der Waals surface area contributed by atoms with Crippen LogP contribution in [0.5, 0.6) is 0 Å². The Morgan fingerprint density at radius 1 is 1.24 bits per heavy atom. The van der Waals surface area contributed by atoms with E-state index in [0.717, 1.165) is 32.4 Å². The van der Waals surface area contributed by atoms with Crippen molar-refractivity contribution in [2.45, 2.75) is 37.1 Å². The molecule has 21 heavy (non-hydrogen) atoms. The number of nitrogens with one attached hydrogen (secondary N) is 2. The van der Waals surface area contributed by atoms with E-state index >= 15 is 0 Å². The molecule has 1 fully saturated rings. The zero-order valence-electron chi connectivity index (χ0n) is 12.8. The third kappa shape index (κ3) is 4.43. The highest BCUT2D eigenvalue weighted by atomic mass is 32.2. The highest BCUT2D eigenvalue weighted by Crippen LogP contribution is 2.23. The van der Waals surface area contributed by atoms with Crippen LogP contribution in [0.2, 0.25) is 0 Å². The molecule has 0 saturated carbocycles. The normalized spacial score (nSPS) is 17.8. The van der Waals surface area contributed by atoms with E-state index in [1.807, 2.05) is 19.1 Å². The topological polar surface area (TPSA) is 61.4 Å². The van der Waals surface area contributed by atoms with Crippen molar-refractivity contribution in [3.05, 3.63) is 24.3 Å². The first-order valence-corrected chi connectivity index (χ1v) is 9.05. The van der Waals surface area contributed by atoms with Crippen LogP contribution in [0.25, 0.3) is 0 Å². The molecular weight excluding hydrogens is 286 g/mol. The molecule has 1 saturated heterocycles. The lowest BCUT2D eigenvalue weighted by Gasteiger charge is -2.30. The van der Waals surface area contributed by atoms with Crippen molar-refractivity contribution in [2.24, 2.45) is 0 Å². The molecule has 0 spiro atoms. The molecule has 1 aliphatic rings. The average molecular weight is 311 g/mol. The molecule has 1 aromatic rings. The molecular formula is C15H25N3O2S. The molecule has 5 nitrogen and oxygen atoms in total. The highest BCUT2D eigenvalue weighted by Gasteiger charge is 2.21. The van der Waals surface area contributed by atoms with Gasteiger partial charge in [0.1, 0.15) is 4.90 Å². The minimum atomic E-state index is -3.44. The van der Waals surface area contributed by atoms with Crippen LogP contribution < -0.4 is 10.0 Å². The van der Waals surface area contributed by atoms with Gasteiger partial charge in [0, 0.05) is 12.6 Å². The molecule has 1 aromatic carbocycles. The first-order valence-electron chi connectivity index (χ1n) is 7.56. The fourth-order valence-electron chi connectivity index (χ4n) is 2.51. The summed E-state index contributed by atoms with van der Waals surface area (Å²) in [4.78, 5) is 2.64. The molecule has 1 aliphatic heterocycles.